The van der Waals surface area contributed by atoms with Gasteiger partial charge in [0.25, 0.3) is 0 Å². The summed E-state index contributed by atoms with van der Waals surface area (Å²) in [5.41, 5.74) is 1.06. The van der Waals surface area contributed by atoms with Crippen molar-refractivity contribution in [3.63, 3.8) is 0 Å². The topological polar surface area (TPSA) is 328 Å². The Hall–Kier alpha value is -2.25. The summed E-state index contributed by atoms with van der Waals surface area (Å²) < 4.78 is 36.3. The lowest BCUT2D eigenvalue weighted by Crippen LogP contribution is -2.69. The molecule has 13 N–H and O–H groups in total. The molecule has 24 atom stereocenters. The molecule has 4 saturated carbocycles. The van der Waals surface area contributed by atoms with Crippen LogP contribution < -0.4 is 11.1 Å². The van der Waals surface area contributed by atoms with Crippen LogP contribution in [0.25, 0.3) is 0 Å². The predicted octanol–water partition coefficient (Wildman–Crippen LogP) is -0.117. The van der Waals surface area contributed by atoms with Crippen molar-refractivity contribution in [2.24, 2.45) is 50.2 Å². The average molecular weight is 1040 g/mol. The lowest BCUT2D eigenvalue weighted by Gasteiger charge is -2.71. The average Bonchev–Trinajstić information content (AvgIpc) is 3.33. The lowest BCUT2D eigenvalue weighted by molar-refractivity contribution is -0.370. The Morgan fingerprint density at radius 1 is 0.781 bits per heavy atom. The van der Waals surface area contributed by atoms with E-state index >= 15 is 4.79 Å². The number of hydrogen-bond donors (Lipinski definition) is 11. The largest absolute Gasteiger partial charge is 0.432 e. The molecule has 3 heterocycles. The van der Waals surface area contributed by atoms with Gasteiger partial charge in [-0.1, -0.05) is 53.2 Å². The molecule has 20 heteroatoms. The second kappa shape index (κ2) is 21.2. The zero-order valence-corrected chi connectivity index (χ0v) is 43.8. The number of ether oxygens (including phenoxy) is 6. The Balaban J connectivity index is 1.10. The molecule has 12 unspecified atom stereocenters. The Labute approximate surface area is 428 Å². The van der Waals surface area contributed by atoms with Gasteiger partial charge in [0.1, 0.15) is 60.5 Å². The van der Waals surface area contributed by atoms with Gasteiger partial charge in [0.15, 0.2) is 18.7 Å². The number of aliphatic hydroxyl groups is 9. The molecule has 416 valence electrons. The van der Waals surface area contributed by atoms with Gasteiger partial charge in [-0.05, 0) is 123 Å². The van der Waals surface area contributed by atoms with Gasteiger partial charge in [-0.15, -0.1) is 0 Å². The van der Waals surface area contributed by atoms with Gasteiger partial charge in [0.2, 0.25) is 12.2 Å². The number of rotatable bonds is 14. The first kappa shape index (κ1) is 56.9. The molecule has 3 aliphatic heterocycles. The predicted molar refractivity (Wildman–Crippen MR) is 257 cm³/mol. The van der Waals surface area contributed by atoms with Crippen molar-refractivity contribution < 1.29 is 94.5 Å². The highest BCUT2D eigenvalue weighted by atomic mass is 16.8. The Morgan fingerprint density at radius 2 is 1.48 bits per heavy atom. The van der Waals surface area contributed by atoms with Crippen LogP contribution in [-0.2, 0) is 42.8 Å². The molecule has 0 spiro atoms. The van der Waals surface area contributed by atoms with E-state index in [4.69, 9.17) is 28.4 Å². The van der Waals surface area contributed by atoms with Crippen molar-refractivity contribution in [3.8, 4) is 0 Å². The fraction of sp³-hybridized carbons (Fsp3) is 0.906. The molecule has 0 aromatic rings. The van der Waals surface area contributed by atoms with Crippen LogP contribution >= 0.6 is 0 Å². The number of esters is 1. The quantitative estimate of drug-likeness (QED) is 0.0468. The van der Waals surface area contributed by atoms with E-state index in [0.29, 0.717) is 38.6 Å². The summed E-state index contributed by atoms with van der Waals surface area (Å²) in [6.45, 7) is 14.1. The van der Waals surface area contributed by atoms with Crippen LogP contribution in [0, 0.1) is 50.2 Å². The number of aldehydes is 1. The number of fused-ring (bicyclic) bond motifs is 7. The van der Waals surface area contributed by atoms with Crippen molar-refractivity contribution >= 4 is 18.2 Å². The molecular weight excluding hydrogens is 953 g/mol. The number of aliphatic hydroxyl groups excluding tert-OH is 9. The number of allylic oxidation sites excluding steroid dienone is 2. The summed E-state index contributed by atoms with van der Waals surface area (Å²) in [4.78, 5) is 41.7. The zero-order chi connectivity index (χ0) is 53.4. The molecule has 73 heavy (non-hydrogen) atoms. The van der Waals surface area contributed by atoms with E-state index in [-0.39, 0.29) is 54.0 Å². The van der Waals surface area contributed by atoms with E-state index in [2.05, 4.69) is 51.7 Å². The van der Waals surface area contributed by atoms with Gasteiger partial charge in [-0.3, -0.25) is 9.59 Å². The lowest BCUT2D eigenvalue weighted by atomic mass is 9.33. The highest BCUT2D eigenvalue weighted by Gasteiger charge is 2.72. The molecule has 0 aromatic carbocycles. The van der Waals surface area contributed by atoms with Crippen molar-refractivity contribution in [2.45, 2.75) is 230 Å². The SMILES string of the molecule is CC1O[C@@H](OC2C(O)[C@@H](NC(=O)CCCCC[NH3+])C(CO)O[C@H]2OC(=O)[C@]23CCC(C)(C)CC2C2=CCC4C5(C)CC[C@H](O)[C@](C)(C=O)[C@@H]5CC[C@]4(C)[C@]2(C)CC3O)C(O)C(O)[C@H]1O[C@@H]1OC[C@@H](O)C(O)C1O. The minimum atomic E-state index is -1.93. The molecule has 0 radical (unpaired) electrons. The number of quaternary nitrogens is 1. The normalized spacial score (nSPS) is 50.5. The molecule has 8 rings (SSSR count). The third-order valence-corrected chi connectivity index (χ3v) is 20.4. The molecule has 1 amide bonds. The molecule has 0 aromatic heterocycles. The standard InChI is InChI=1S/C53H86N2O18/c1-26-42(71-44-40(65)37(62)29(58)24-68-44)39(64)41(66)45(69-26)72-43-38(63)36(55-35(61)11-9-8-10-20-54)30(23-56)70-46(43)73-47(67)53-19-18-48(2,3)21-28(53)27-12-13-32-49(4)16-15-33(59)50(5,25-57)31(49)14-17-51(32,6)52(27,7)22-34(53)60/h12,25-26,28-34,36-46,56,58-60,62-66H,8-11,13-24,54H2,1-7H3,(H,55,61)/p+1/t26?,28?,29-,30?,31-,32?,33+,34?,36+,37?,38?,39?,40?,41?,42+,43?,44+,45+,46+,49?,50-,51+,52-,53-/m1/s1. The highest BCUT2D eigenvalue weighted by Crippen LogP contribution is 2.76. The van der Waals surface area contributed by atoms with Crippen LogP contribution in [0.15, 0.2) is 11.6 Å². The van der Waals surface area contributed by atoms with E-state index in [9.17, 15) is 55.5 Å². The van der Waals surface area contributed by atoms with Gasteiger partial charge < -0.3 is 90.2 Å². The summed E-state index contributed by atoms with van der Waals surface area (Å²) in [6.07, 6.45) is -12.5. The number of unbranched alkanes of at least 4 members (excludes halogenated alkanes) is 2. The van der Waals surface area contributed by atoms with Crippen LogP contribution in [-0.4, -0.2) is 182 Å². The van der Waals surface area contributed by atoms with Crippen LogP contribution in [0.2, 0.25) is 0 Å². The first-order chi connectivity index (χ1) is 34.3. The van der Waals surface area contributed by atoms with E-state index in [1.54, 1.807) is 0 Å². The monoisotopic (exact) mass is 1040 g/mol. The maximum atomic E-state index is 15.6. The van der Waals surface area contributed by atoms with Crippen LogP contribution in [0.4, 0.5) is 0 Å². The molecule has 5 aliphatic carbocycles. The van der Waals surface area contributed by atoms with Crippen molar-refractivity contribution in [3.05, 3.63) is 11.6 Å². The minimum absolute atomic E-state index is 0.0355. The van der Waals surface area contributed by atoms with Gasteiger partial charge in [0, 0.05) is 6.42 Å². The second-order valence-corrected chi connectivity index (χ2v) is 25.0. The summed E-state index contributed by atoms with van der Waals surface area (Å²) in [5.74, 6) is -1.69. The van der Waals surface area contributed by atoms with Crippen LogP contribution in [0.5, 0.6) is 0 Å². The summed E-state index contributed by atoms with van der Waals surface area (Å²) >= 11 is 0. The Bertz CT molecular complexity index is 2030. The first-order valence-electron chi connectivity index (χ1n) is 27.0. The molecule has 8 aliphatic rings. The third-order valence-electron chi connectivity index (χ3n) is 20.4. The smallest absolute Gasteiger partial charge is 0.317 e. The molecule has 20 nitrogen and oxygen atoms in total. The van der Waals surface area contributed by atoms with Gasteiger partial charge in [0.05, 0.1) is 49.5 Å². The summed E-state index contributed by atoms with van der Waals surface area (Å²) in [5, 5.41) is 104. The molecule has 0 bridgehead atoms. The Kier molecular flexibility index (Phi) is 16.5. The minimum Gasteiger partial charge on any atom is -0.432 e. The maximum Gasteiger partial charge on any atom is 0.317 e. The number of carbonyl (C=O) groups is 3. The van der Waals surface area contributed by atoms with Crippen LogP contribution in [0.1, 0.15) is 132 Å². The van der Waals surface area contributed by atoms with Crippen LogP contribution in [0.3, 0.4) is 0 Å². The van der Waals surface area contributed by atoms with E-state index in [1.165, 1.54) is 6.92 Å². The second-order valence-electron chi connectivity index (χ2n) is 25.0. The van der Waals surface area contributed by atoms with E-state index < -0.39 is 139 Å². The number of carbonyl (C=O) groups excluding carboxylic acids is 3. The van der Waals surface area contributed by atoms with Gasteiger partial charge in [-0.2, -0.15) is 0 Å². The van der Waals surface area contributed by atoms with E-state index in [0.717, 1.165) is 44.0 Å². The molecular formula is C53H87N2O18+. The summed E-state index contributed by atoms with van der Waals surface area (Å²) in [6, 6.07) is -1.33. The van der Waals surface area contributed by atoms with Crippen molar-refractivity contribution in [1.82, 2.24) is 5.32 Å². The molecule has 3 saturated heterocycles. The fourth-order valence-electron chi connectivity index (χ4n) is 15.7. The third kappa shape index (κ3) is 9.59. The fourth-order valence-corrected chi connectivity index (χ4v) is 15.7. The molecule has 7 fully saturated rings. The zero-order valence-electron chi connectivity index (χ0n) is 43.8. The number of hydrogen-bond acceptors (Lipinski definition) is 18. The Morgan fingerprint density at radius 3 is 2.16 bits per heavy atom. The van der Waals surface area contributed by atoms with Gasteiger partial charge >= 0.3 is 5.97 Å². The number of nitrogens with one attached hydrogen (secondary N) is 1. The first-order valence-corrected chi connectivity index (χ1v) is 27.0. The van der Waals surface area contributed by atoms with Crippen molar-refractivity contribution in [1.29, 1.82) is 0 Å². The number of amides is 1. The van der Waals surface area contributed by atoms with Crippen molar-refractivity contribution in [2.75, 3.05) is 19.8 Å². The summed E-state index contributed by atoms with van der Waals surface area (Å²) in [7, 11) is 0. The van der Waals surface area contributed by atoms with E-state index in [1.807, 2.05) is 6.92 Å². The van der Waals surface area contributed by atoms with Gasteiger partial charge in [-0.25, -0.2) is 0 Å². The highest BCUT2D eigenvalue weighted by molar-refractivity contribution is 5.80. The maximum absolute atomic E-state index is 15.6.